The van der Waals surface area contributed by atoms with Crippen LogP contribution in [-0.2, 0) is 9.59 Å². The van der Waals surface area contributed by atoms with Crippen LogP contribution < -0.4 is 15.8 Å². The van der Waals surface area contributed by atoms with Crippen LogP contribution in [0.15, 0.2) is 58.2 Å². The number of hydrogen-bond donors (Lipinski definition) is 2. The molecule has 29 heavy (non-hydrogen) atoms. The topological polar surface area (TPSA) is 113 Å². The number of rotatable bonds is 6. The van der Waals surface area contributed by atoms with E-state index in [1.54, 1.807) is 41.2 Å². The number of para-hydroxylation sites is 1. The molecular weight excluding hydrogens is 392 g/mol. The van der Waals surface area contributed by atoms with Crippen molar-refractivity contribution in [1.82, 2.24) is 20.6 Å². The fraction of sp³-hybridized carbons (Fsp3) is 0.211. The van der Waals surface area contributed by atoms with Gasteiger partial charge in [0.1, 0.15) is 0 Å². The molecule has 2 N–H and O–H groups in total. The van der Waals surface area contributed by atoms with Crippen molar-refractivity contribution in [1.29, 1.82) is 0 Å². The van der Waals surface area contributed by atoms with E-state index in [9.17, 15) is 9.59 Å². The molecule has 3 heterocycles. The number of hydrazine groups is 1. The minimum absolute atomic E-state index is 0.0446. The van der Waals surface area contributed by atoms with Crippen molar-refractivity contribution in [3.8, 4) is 11.4 Å². The molecule has 0 spiro atoms. The van der Waals surface area contributed by atoms with E-state index in [1.807, 2.05) is 24.3 Å². The molecule has 3 aromatic rings. The van der Waals surface area contributed by atoms with Crippen molar-refractivity contribution in [2.75, 3.05) is 22.6 Å². The molecule has 0 saturated heterocycles. The van der Waals surface area contributed by atoms with Crippen LogP contribution in [0.3, 0.4) is 0 Å². The molecule has 148 valence electrons. The van der Waals surface area contributed by atoms with Gasteiger partial charge >= 0.3 is 6.01 Å². The summed E-state index contributed by atoms with van der Waals surface area (Å²) < 4.78 is 5.04. The van der Waals surface area contributed by atoms with Crippen LogP contribution in [0.2, 0.25) is 0 Å². The first-order valence-electron chi connectivity index (χ1n) is 9.02. The average molecular weight is 410 g/mol. The Morgan fingerprint density at radius 2 is 1.97 bits per heavy atom. The van der Waals surface area contributed by atoms with Gasteiger partial charge in [0.15, 0.2) is 0 Å². The van der Waals surface area contributed by atoms with Gasteiger partial charge in [0.05, 0.1) is 5.69 Å². The number of hydrogen-bond acceptors (Lipinski definition) is 8. The molecule has 1 aliphatic heterocycles. The second kappa shape index (κ2) is 8.74. The number of fused-ring (bicyclic) bond motifs is 1. The molecule has 9 nitrogen and oxygen atoms in total. The molecule has 0 fully saturated rings. The second-order valence-electron chi connectivity index (χ2n) is 6.19. The van der Waals surface area contributed by atoms with Gasteiger partial charge in [0.25, 0.3) is 0 Å². The van der Waals surface area contributed by atoms with Gasteiger partial charge in [-0.25, -0.2) is 5.43 Å². The number of nitrogens with zero attached hydrogens (tertiary/aromatic N) is 4. The third-order valence-corrected chi connectivity index (χ3v) is 5.31. The van der Waals surface area contributed by atoms with Crippen molar-refractivity contribution >= 4 is 35.3 Å². The minimum atomic E-state index is -0.346. The van der Waals surface area contributed by atoms with Crippen LogP contribution in [0.1, 0.15) is 12.8 Å². The number of thioether (sulfide) groups is 1. The maximum atomic E-state index is 12.6. The molecule has 10 heteroatoms. The van der Waals surface area contributed by atoms with E-state index >= 15 is 0 Å². The van der Waals surface area contributed by atoms with E-state index in [0.717, 1.165) is 21.9 Å². The summed E-state index contributed by atoms with van der Waals surface area (Å²) >= 11 is 1.73. The van der Waals surface area contributed by atoms with Crippen LogP contribution >= 0.6 is 11.8 Å². The van der Waals surface area contributed by atoms with Crippen LogP contribution in [-0.4, -0.2) is 39.2 Å². The van der Waals surface area contributed by atoms with Crippen LogP contribution in [0.25, 0.3) is 11.4 Å². The van der Waals surface area contributed by atoms with Crippen molar-refractivity contribution in [2.24, 2.45) is 0 Å². The summed E-state index contributed by atoms with van der Waals surface area (Å²) in [4.78, 5) is 35.5. The molecule has 1 aromatic carbocycles. The molecule has 0 saturated carbocycles. The lowest BCUT2D eigenvalue weighted by Crippen LogP contribution is -2.36. The maximum absolute atomic E-state index is 12.6. The normalized spacial score (nSPS) is 12.9. The van der Waals surface area contributed by atoms with Crippen molar-refractivity contribution < 1.29 is 14.1 Å². The summed E-state index contributed by atoms with van der Waals surface area (Å²) in [5.74, 6) is 0.793. The molecule has 1 aliphatic rings. The molecule has 0 aliphatic carbocycles. The predicted octanol–water partition coefficient (Wildman–Crippen LogP) is 2.49. The molecule has 2 aromatic heterocycles. The molecular formula is C19H18N6O3S. The molecule has 0 atom stereocenters. The highest BCUT2D eigenvalue weighted by Crippen LogP contribution is 2.34. The Morgan fingerprint density at radius 3 is 2.83 bits per heavy atom. The highest BCUT2D eigenvalue weighted by molar-refractivity contribution is 7.99. The van der Waals surface area contributed by atoms with Crippen molar-refractivity contribution in [3.63, 3.8) is 0 Å². The Kier molecular flexibility index (Phi) is 5.71. The maximum Gasteiger partial charge on any atom is 0.340 e. The van der Waals surface area contributed by atoms with Gasteiger partial charge in [-0.05, 0) is 24.3 Å². The molecule has 0 unspecified atom stereocenters. The summed E-state index contributed by atoms with van der Waals surface area (Å²) in [6.07, 6.45) is 3.40. The smallest absolute Gasteiger partial charge is 0.313 e. The zero-order valence-corrected chi connectivity index (χ0v) is 16.2. The quantitative estimate of drug-likeness (QED) is 0.596. The number of pyridine rings is 1. The lowest BCUT2D eigenvalue weighted by atomic mass is 10.2. The van der Waals surface area contributed by atoms with Gasteiger partial charge < -0.3 is 9.42 Å². The third kappa shape index (κ3) is 4.54. The largest absolute Gasteiger partial charge is 0.340 e. The zero-order valence-electron chi connectivity index (χ0n) is 15.4. The summed E-state index contributed by atoms with van der Waals surface area (Å²) in [5, 5.41) is 3.83. The third-order valence-electron chi connectivity index (χ3n) is 4.27. The van der Waals surface area contributed by atoms with Gasteiger partial charge in [0.2, 0.25) is 17.6 Å². The van der Waals surface area contributed by atoms with Gasteiger partial charge in [-0.1, -0.05) is 17.3 Å². The van der Waals surface area contributed by atoms with Crippen LogP contribution in [0.4, 0.5) is 11.7 Å². The number of carbonyl (C=O) groups excluding carboxylic acids is 2. The highest BCUT2D eigenvalue weighted by Gasteiger charge is 2.23. The Hall–Kier alpha value is -3.40. The Bertz CT molecular complexity index is 1010. The lowest BCUT2D eigenvalue weighted by Gasteiger charge is -2.29. The predicted molar refractivity (Wildman–Crippen MR) is 108 cm³/mol. The van der Waals surface area contributed by atoms with Gasteiger partial charge in [-0.15, -0.1) is 11.8 Å². The number of anilines is 2. The summed E-state index contributed by atoms with van der Waals surface area (Å²) in [5.41, 5.74) is 6.69. The summed E-state index contributed by atoms with van der Waals surface area (Å²) in [6, 6.07) is 11.3. The minimum Gasteiger partial charge on any atom is -0.313 e. The first-order valence-corrected chi connectivity index (χ1v) is 10.0. The molecule has 4 rings (SSSR count). The van der Waals surface area contributed by atoms with E-state index in [1.165, 1.54) is 0 Å². The molecule has 2 amide bonds. The monoisotopic (exact) mass is 410 g/mol. The van der Waals surface area contributed by atoms with E-state index in [2.05, 4.69) is 26.0 Å². The Labute approximate surface area is 170 Å². The molecule has 0 radical (unpaired) electrons. The Balaban J connectivity index is 1.27. The average Bonchev–Trinajstić information content (AvgIpc) is 3.25. The number of amides is 2. The van der Waals surface area contributed by atoms with Gasteiger partial charge in [-0.3, -0.25) is 20.0 Å². The number of benzene rings is 1. The van der Waals surface area contributed by atoms with Crippen LogP contribution in [0.5, 0.6) is 0 Å². The lowest BCUT2D eigenvalue weighted by molar-refractivity contribution is -0.124. The van der Waals surface area contributed by atoms with Gasteiger partial charge in [0, 0.05) is 48.0 Å². The first-order chi connectivity index (χ1) is 14.2. The zero-order chi connectivity index (χ0) is 20.1. The first kappa shape index (κ1) is 18.9. The fourth-order valence-corrected chi connectivity index (χ4v) is 3.86. The number of aromatic nitrogens is 3. The molecule has 0 bridgehead atoms. The number of carbonyl (C=O) groups is 2. The van der Waals surface area contributed by atoms with Crippen molar-refractivity contribution in [3.05, 3.63) is 48.8 Å². The van der Waals surface area contributed by atoms with E-state index in [4.69, 9.17) is 4.52 Å². The van der Waals surface area contributed by atoms with Gasteiger partial charge in [-0.2, -0.15) is 4.98 Å². The van der Waals surface area contributed by atoms with Crippen LogP contribution in [0, 0.1) is 0 Å². The van der Waals surface area contributed by atoms with Crippen molar-refractivity contribution in [2.45, 2.75) is 17.7 Å². The second-order valence-corrected chi connectivity index (χ2v) is 7.33. The SMILES string of the molecule is O=C(CCC(=O)N1CCSc2ccccc21)NNc1nc(-c2ccncc2)no1. The highest BCUT2D eigenvalue weighted by atomic mass is 32.2. The van der Waals surface area contributed by atoms with E-state index in [-0.39, 0.29) is 30.7 Å². The fourth-order valence-electron chi connectivity index (χ4n) is 2.86. The summed E-state index contributed by atoms with van der Waals surface area (Å²) in [7, 11) is 0. The number of nitrogens with one attached hydrogen (secondary N) is 2. The van der Waals surface area contributed by atoms with E-state index < -0.39 is 0 Å². The van der Waals surface area contributed by atoms with E-state index in [0.29, 0.717) is 12.4 Å². The standard InChI is InChI=1S/C19H18N6O3S/c26-16(22-23-19-21-18(24-28-19)13-7-9-20-10-8-13)5-6-17(27)25-11-12-29-15-4-2-1-3-14(15)25/h1-4,7-10H,5-6,11-12H2,(H,22,26)(H,21,23,24). The Morgan fingerprint density at radius 1 is 1.14 bits per heavy atom. The summed E-state index contributed by atoms with van der Waals surface area (Å²) in [6.45, 7) is 0.639.